The molecule has 6 heteroatoms. The molecule has 1 saturated carbocycles. The van der Waals surface area contributed by atoms with Crippen LogP contribution in [0.25, 0.3) is 0 Å². The van der Waals surface area contributed by atoms with E-state index < -0.39 is 5.25 Å². The normalized spacial score (nSPS) is 21.3. The van der Waals surface area contributed by atoms with Crippen LogP contribution in [0.2, 0.25) is 0 Å². The summed E-state index contributed by atoms with van der Waals surface area (Å²) in [6.45, 7) is 6.07. The first-order chi connectivity index (χ1) is 12.3. The molecular weight excluding hydrogens is 350 g/mol. The van der Waals surface area contributed by atoms with Crippen LogP contribution in [0.15, 0.2) is 0 Å². The smallest absolute Gasteiger partial charge is 0.235 e. The zero-order valence-electron chi connectivity index (χ0n) is 16.5. The van der Waals surface area contributed by atoms with Gasteiger partial charge in [-0.25, -0.2) is 0 Å². The van der Waals surface area contributed by atoms with Crippen molar-refractivity contribution in [1.82, 2.24) is 4.90 Å². The molecular formula is C20H33NO4S. The number of hydrogen-bond acceptors (Lipinski definition) is 5. The number of carbonyl (C=O) groups is 4. The number of amides is 1. The number of Topliss-reactive ketones (excluding diaryl/α,β-unsaturated/α-hetero) is 2. The summed E-state index contributed by atoms with van der Waals surface area (Å²) in [7, 11) is 1.79. The molecule has 0 aromatic carbocycles. The summed E-state index contributed by atoms with van der Waals surface area (Å²) < 4.78 is 0. The van der Waals surface area contributed by atoms with Gasteiger partial charge in [0.2, 0.25) is 5.91 Å². The van der Waals surface area contributed by atoms with Gasteiger partial charge in [0.15, 0.2) is 0 Å². The van der Waals surface area contributed by atoms with Crippen molar-refractivity contribution in [2.75, 3.05) is 19.3 Å². The van der Waals surface area contributed by atoms with Gasteiger partial charge in [-0.1, -0.05) is 13.8 Å². The molecule has 0 aromatic rings. The van der Waals surface area contributed by atoms with Crippen LogP contribution in [-0.4, -0.2) is 53.3 Å². The minimum atomic E-state index is -0.411. The molecule has 1 atom stereocenters. The summed E-state index contributed by atoms with van der Waals surface area (Å²) >= 11 is 1.41. The second-order valence-corrected chi connectivity index (χ2v) is 8.99. The summed E-state index contributed by atoms with van der Waals surface area (Å²) in [6, 6.07) is 0. The standard InChI is InChI=1S/C20H33NO4S/c1-14(2)18(24)10-12-26-19(9-11-22)20(25)21(4)13-16-5-7-17(8-6-16)15(3)23/h11,14,16-17,19H,5-10,12-13H2,1-4H3. The second kappa shape index (κ2) is 11.5. The highest BCUT2D eigenvalue weighted by Gasteiger charge is 2.28. The van der Waals surface area contributed by atoms with Crippen molar-refractivity contribution in [1.29, 1.82) is 0 Å². The van der Waals surface area contributed by atoms with E-state index in [0.717, 1.165) is 32.0 Å². The highest BCUT2D eigenvalue weighted by Crippen LogP contribution is 2.30. The molecule has 0 aromatic heterocycles. The van der Waals surface area contributed by atoms with Crippen molar-refractivity contribution in [2.45, 2.75) is 64.5 Å². The molecule has 0 heterocycles. The van der Waals surface area contributed by atoms with Gasteiger partial charge in [-0.2, -0.15) is 0 Å². The van der Waals surface area contributed by atoms with Crippen molar-refractivity contribution in [3.8, 4) is 0 Å². The second-order valence-electron chi connectivity index (χ2n) is 7.68. The zero-order valence-corrected chi connectivity index (χ0v) is 17.3. The highest BCUT2D eigenvalue weighted by atomic mass is 32.2. The maximum absolute atomic E-state index is 12.7. The summed E-state index contributed by atoms with van der Waals surface area (Å²) in [4.78, 5) is 48.6. The molecule has 0 saturated heterocycles. The van der Waals surface area contributed by atoms with Crippen molar-refractivity contribution < 1.29 is 19.2 Å². The summed E-state index contributed by atoms with van der Waals surface area (Å²) in [6.07, 6.45) is 5.15. The molecule has 0 N–H and O–H groups in total. The Morgan fingerprint density at radius 3 is 2.27 bits per heavy atom. The van der Waals surface area contributed by atoms with Crippen LogP contribution in [-0.2, 0) is 19.2 Å². The van der Waals surface area contributed by atoms with E-state index in [9.17, 15) is 19.2 Å². The monoisotopic (exact) mass is 383 g/mol. The third-order valence-electron chi connectivity index (χ3n) is 5.23. The van der Waals surface area contributed by atoms with Gasteiger partial charge < -0.3 is 9.69 Å². The number of rotatable bonds is 11. The summed E-state index contributed by atoms with van der Waals surface area (Å²) in [5, 5.41) is -0.411. The van der Waals surface area contributed by atoms with Gasteiger partial charge in [-0.15, -0.1) is 11.8 Å². The minimum absolute atomic E-state index is 0.00336. The van der Waals surface area contributed by atoms with Crippen molar-refractivity contribution in [3.05, 3.63) is 0 Å². The topological polar surface area (TPSA) is 71.5 Å². The molecule has 0 spiro atoms. The summed E-state index contributed by atoms with van der Waals surface area (Å²) in [5.41, 5.74) is 0. The Bertz CT molecular complexity index is 498. The van der Waals surface area contributed by atoms with Gasteiger partial charge in [0.25, 0.3) is 0 Å². The molecule has 1 aliphatic rings. The predicted octanol–water partition coefficient (Wildman–Crippen LogP) is 3.15. The average molecular weight is 384 g/mol. The van der Waals surface area contributed by atoms with Crippen LogP contribution >= 0.6 is 11.8 Å². The molecule has 148 valence electrons. The Morgan fingerprint density at radius 1 is 1.15 bits per heavy atom. The number of aldehydes is 1. The Hall–Kier alpha value is -1.17. The van der Waals surface area contributed by atoms with E-state index in [1.54, 1.807) is 18.9 Å². The first-order valence-electron chi connectivity index (χ1n) is 9.59. The fourth-order valence-electron chi connectivity index (χ4n) is 3.39. The fraction of sp³-hybridized carbons (Fsp3) is 0.800. The largest absolute Gasteiger partial charge is 0.345 e. The van der Waals surface area contributed by atoms with E-state index in [-0.39, 0.29) is 35.7 Å². The predicted molar refractivity (Wildman–Crippen MR) is 105 cm³/mol. The lowest BCUT2D eigenvalue weighted by Gasteiger charge is -2.31. The number of hydrogen-bond donors (Lipinski definition) is 0. The highest BCUT2D eigenvalue weighted by molar-refractivity contribution is 8.00. The van der Waals surface area contributed by atoms with E-state index in [4.69, 9.17) is 0 Å². The quantitative estimate of drug-likeness (QED) is 0.513. The van der Waals surface area contributed by atoms with Crippen LogP contribution in [0.1, 0.15) is 59.3 Å². The van der Waals surface area contributed by atoms with E-state index in [1.165, 1.54) is 11.8 Å². The van der Waals surface area contributed by atoms with Crippen molar-refractivity contribution in [3.63, 3.8) is 0 Å². The fourth-order valence-corrected chi connectivity index (χ4v) is 4.53. The lowest BCUT2D eigenvalue weighted by Crippen LogP contribution is -2.39. The van der Waals surface area contributed by atoms with E-state index in [1.807, 2.05) is 13.8 Å². The maximum atomic E-state index is 12.7. The maximum Gasteiger partial charge on any atom is 0.235 e. The number of carbonyl (C=O) groups excluding carboxylic acids is 4. The van der Waals surface area contributed by atoms with E-state index in [0.29, 0.717) is 24.6 Å². The average Bonchev–Trinajstić information content (AvgIpc) is 2.60. The molecule has 0 aliphatic heterocycles. The Labute approximate surface area is 161 Å². The van der Waals surface area contributed by atoms with Gasteiger partial charge in [-0.3, -0.25) is 14.4 Å². The summed E-state index contributed by atoms with van der Waals surface area (Å²) in [5.74, 6) is 1.60. The van der Waals surface area contributed by atoms with Crippen LogP contribution in [0.3, 0.4) is 0 Å². The van der Waals surface area contributed by atoms with Crippen LogP contribution in [0, 0.1) is 17.8 Å². The van der Waals surface area contributed by atoms with Gasteiger partial charge in [-0.05, 0) is 38.5 Å². The Morgan fingerprint density at radius 2 is 1.77 bits per heavy atom. The van der Waals surface area contributed by atoms with Crippen LogP contribution in [0.4, 0.5) is 0 Å². The first-order valence-corrected chi connectivity index (χ1v) is 10.6. The third kappa shape index (κ3) is 7.60. The molecule has 1 amide bonds. The number of ketones is 2. The zero-order chi connectivity index (χ0) is 19.7. The van der Waals surface area contributed by atoms with E-state index >= 15 is 0 Å². The molecule has 5 nitrogen and oxygen atoms in total. The third-order valence-corrected chi connectivity index (χ3v) is 6.46. The van der Waals surface area contributed by atoms with Crippen LogP contribution in [0.5, 0.6) is 0 Å². The SMILES string of the molecule is CC(=O)C1CCC(CN(C)C(=O)C(CC=O)SCCC(=O)C(C)C)CC1. The lowest BCUT2D eigenvalue weighted by atomic mass is 9.80. The molecule has 26 heavy (non-hydrogen) atoms. The van der Waals surface area contributed by atoms with E-state index in [2.05, 4.69) is 0 Å². The van der Waals surface area contributed by atoms with Gasteiger partial charge in [0, 0.05) is 44.0 Å². The van der Waals surface area contributed by atoms with Gasteiger partial charge in [0.05, 0.1) is 5.25 Å². The Balaban J connectivity index is 2.47. The van der Waals surface area contributed by atoms with Crippen LogP contribution < -0.4 is 0 Å². The van der Waals surface area contributed by atoms with Crippen molar-refractivity contribution in [2.24, 2.45) is 17.8 Å². The molecule has 0 bridgehead atoms. The van der Waals surface area contributed by atoms with Gasteiger partial charge in [0.1, 0.15) is 17.9 Å². The lowest BCUT2D eigenvalue weighted by molar-refractivity contribution is -0.131. The number of thioether (sulfide) groups is 1. The van der Waals surface area contributed by atoms with Gasteiger partial charge >= 0.3 is 0 Å². The molecule has 1 unspecified atom stereocenters. The Kier molecular flexibility index (Phi) is 10.1. The first kappa shape index (κ1) is 22.9. The molecule has 0 radical (unpaired) electrons. The molecule has 1 aliphatic carbocycles. The molecule has 1 fully saturated rings. The minimum Gasteiger partial charge on any atom is -0.345 e. The molecule has 1 rings (SSSR count). The number of nitrogens with zero attached hydrogens (tertiary/aromatic N) is 1. The van der Waals surface area contributed by atoms with Crippen molar-refractivity contribution >= 4 is 35.5 Å².